The Labute approximate surface area is 97.9 Å². The molecule has 0 saturated carbocycles. The van der Waals surface area contributed by atoms with Gasteiger partial charge in [0, 0.05) is 4.88 Å². The number of hydrogen-bond acceptors (Lipinski definition) is 5. The summed E-state index contributed by atoms with van der Waals surface area (Å²) in [4.78, 5) is 6.39. The first-order valence-electron chi connectivity index (χ1n) is 5.21. The Bertz CT molecular complexity index is 470. The van der Waals surface area contributed by atoms with Crippen molar-refractivity contribution in [2.24, 2.45) is 0 Å². The number of nitrogens with zero attached hydrogens (tertiary/aromatic N) is 2. The van der Waals surface area contributed by atoms with Gasteiger partial charge in [0.05, 0.1) is 4.88 Å². The third kappa shape index (κ3) is 2.01. The van der Waals surface area contributed by atoms with Crippen LogP contribution >= 0.6 is 11.3 Å². The van der Waals surface area contributed by atoms with Gasteiger partial charge in [0.25, 0.3) is 5.89 Å². The standard InChI is InChI=1S/C11H14N2O2S/c1-4-8(14)10-12-11(15-13-10)9-5-6(2)7(3)16-9/h5,8,14H,4H2,1-3H3. The van der Waals surface area contributed by atoms with Gasteiger partial charge in [-0.15, -0.1) is 11.3 Å². The van der Waals surface area contributed by atoms with Gasteiger partial charge >= 0.3 is 0 Å². The van der Waals surface area contributed by atoms with Crippen LogP contribution in [0.5, 0.6) is 0 Å². The first-order chi connectivity index (χ1) is 7.61. The largest absolute Gasteiger partial charge is 0.385 e. The summed E-state index contributed by atoms with van der Waals surface area (Å²) in [6, 6.07) is 2.02. The molecule has 1 N–H and O–H groups in total. The van der Waals surface area contributed by atoms with E-state index in [1.807, 2.05) is 19.9 Å². The number of thiophene rings is 1. The number of rotatable bonds is 3. The molecule has 0 bridgehead atoms. The second kappa shape index (κ2) is 4.35. The zero-order valence-electron chi connectivity index (χ0n) is 9.52. The Morgan fingerprint density at radius 3 is 2.81 bits per heavy atom. The number of aryl methyl sites for hydroxylation is 2. The summed E-state index contributed by atoms with van der Waals surface area (Å²) in [5.41, 5.74) is 1.22. The smallest absolute Gasteiger partial charge is 0.268 e. The van der Waals surface area contributed by atoms with E-state index in [4.69, 9.17) is 4.52 Å². The zero-order valence-corrected chi connectivity index (χ0v) is 10.3. The molecule has 0 amide bonds. The zero-order chi connectivity index (χ0) is 11.7. The van der Waals surface area contributed by atoms with E-state index in [0.717, 1.165) is 4.88 Å². The van der Waals surface area contributed by atoms with Crippen molar-refractivity contribution in [3.8, 4) is 10.8 Å². The average molecular weight is 238 g/mol. The molecular formula is C11H14N2O2S. The van der Waals surface area contributed by atoms with Crippen LogP contribution in [0.2, 0.25) is 0 Å². The van der Waals surface area contributed by atoms with Gasteiger partial charge in [0.2, 0.25) is 5.82 Å². The number of aliphatic hydroxyl groups excluding tert-OH is 1. The molecule has 16 heavy (non-hydrogen) atoms. The maximum absolute atomic E-state index is 9.57. The molecule has 4 nitrogen and oxygen atoms in total. The second-order valence-corrected chi connectivity index (χ2v) is 4.99. The van der Waals surface area contributed by atoms with Gasteiger partial charge in [-0.05, 0) is 31.9 Å². The normalized spacial score (nSPS) is 13.0. The Balaban J connectivity index is 2.31. The summed E-state index contributed by atoms with van der Waals surface area (Å²) in [5.74, 6) is 0.852. The van der Waals surface area contributed by atoms with E-state index in [1.165, 1.54) is 10.4 Å². The Kier molecular flexibility index (Phi) is 3.07. The van der Waals surface area contributed by atoms with Crippen molar-refractivity contribution in [1.82, 2.24) is 10.1 Å². The lowest BCUT2D eigenvalue weighted by Gasteiger charge is -1.97. The van der Waals surface area contributed by atoms with Crippen LogP contribution in [0.15, 0.2) is 10.6 Å². The summed E-state index contributed by atoms with van der Waals surface area (Å²) >= 11 is 1.62. The van der Waals surface area contributed by atoms with Crippen LogP contribution < -0.4 is 0 Å². The topological polar surface area (TPSA) is 59.2 Å². The van der Waals surface area contributed by atoms with Gasteiger partial charge in [0.1, 0.15) is 6.10 Å². The predicted octanol–water partition coefficient (Wildman–Crippen LogP) is 2.86. The van der Waals surface area contributed by atoms with Crippen LogP contribution in [-0.4, -0.2) is 15.2 Å². The molecule has 0 aliphatic heterocycles. The molecule has 2 aromatic rings. The molecule has 2 rings (SSSR count). The number of hydrogen-bond donors (Lipinski definition) is 1. The molecular weight excluding hydrogens is 224 g/mol. The minimum Gasteiger partial charge on any atom is -0.385 e. The average Bonchev–Trinajstić information content (AvgIpc) is 2.86. The van der Waals surface area contributed by atoms with E-state index in [9.17, 15) is 5.11 Å². The fourth-order valence-corrected chi connectivity index (χ4v) is 2.29. The summed E-state index contributed by atoms with van der Waals surface area (Å²) in [7, 11) is 0. The van der Waals surface area contributed by atoms with Gasteiger partial charge < -0.3 is 9.63 Å². The Hall–Kier alpha value is -1.20. The maximum atomic E-state index is 9.57. The molecule has 0 aromatic carbocycles. The van der Waals surface area contributed by atoms with Crippen molar-refractivity contribution in [3.05, 3.63) is 22.3 Å². The van der Waals surface area contributed by atoms with E-state index in [-0.39, 0.29) is 0 Å². The molecule has 2 aromatic heterocycles. The fraction of sp³-hybridized carbons (Fsp3) is 0.455. The van der Waals surface area contributed by atoms with Gasteiger partial charge in [-0.3, -0.25) is 0 Å². The van der Waals surface area contributed by atoms with Crippen LogP contribution in [0.4, 0.5) is 0 Å². The van der Waals surface area contributed by atoms with Crippen molar-refractivity contribution in [1.29, 1.82) is 0 Å². The van der Waals surface area contributed by atoms with Gasteiger partial charge in [-0.2, -0.15) is 4.98 Å². The summed E-state index contributed by atoms with van der Waals surface area (Å²) in [6.45, 7) is 5.98. The minimum absolute atomic E-state index is 0.362. The molecule has 86 valence electrons. The van der Waals surface area contributed by atoms with Gasteiger partial charge in [-0.25, -0.2) is 0 Å². The van der Waals surface area contributed by atoms with Crippen molar-refractivity contribution < 1.29 is 9.63 Å². The third-order valence-corrected chi connectivity index (χ3v) is 3.64. The van der Waals surface area contributed by atoms with Crippen molar-refractivity contribution in [3.63, 3.8) is 0 Å². The molecule has 0 aliphatic rings. The maximum Gasteiger partial charge on any atom is 0.268 e. The van der Waals surface area contributed by atoms with Crippen molar-refractivity contribution >= 4 is 11.3 Å². The van der Waals surface area contributed by atoms with Crippen molar-refractivity contribution in [2.75, 3.05) is 0 Å². The highest BCUT2D eigenvalue weighted by molar-refractivity contribution is 7.15. The molecule has 2 heterocycles. The lowest BCUT2D eigenvalue weighted by atomic mass is 10.2. The second-order valence-electron chi connectivity index (χ2n) is 3.73. The van der Waals surface area contributed by atoms with E-state index >= 15 is 0 Å². The van der Waals surface area contributed by atoms with Crippen LogP contribution in [0.25, 0.3) is 10.8 Å². The molecule has 5 heteroatoms. The van der Waals surface area contributed by atoms with Gasteiger partial charge in [-0.1, -0.05) is 12.1 Å². The molecule has 0 saturated heterocycles. The molecule has 0 fully saturated rings. The highest BCUT2D eigenvalue weighted by Gasteiger charge is 2.16. The third-order valence-electron chi connectivity index (χ3n) is 2.50. The van der Waals surface area contributed by atoms with Crippen LogP contribution in [-0.2, 0) is 0 Å². The predicted molar refractivity (Wildman–Crippen MR) is 62.3 cm³/mol. The Morgan fingerprint density at radius 1 is 1.50 bits per heavy atom. The van der Waals surface area contributed by atoms with Crippen LogP contribution in [0, 0.1) is 13.8 Å². The molecule has 1 atom stereocenters. The quantitative estimate of drug-likeness (QED) is 0.893. The van der Waals surface area contributed by atoms with Crippen LogP contribution in [0.3, 0.4) is 0 Å². The number of aliphatic hydroxyl groups is 1. The highest BCUT2D eigenvalue weighted by Crippen LogP contribution is 2.30. The number of aromatic nitrogens is 2. The Morgan fingerprint density at radius 2 is 2.25 bits per heavy atom. The lowest BCUT2D eigenvalue weighted by Crippen LogP contribution is -1.97. The highest BCUT2D eigenvalue weighted by atomic mass is 32.1. The SMILES string of the molecule is CCC(O)c1noc(-c2cc(C)c(C)s2)n1. The van der Waals surface area contributed by atoms with Gasteiger partial charge in [0.15, 0.2) is 0 Å². The van der Waals surface area contributed by atoms with E-state index in [2.05, 4.69) is 17.1 Å². The molecule has 1 unspecified atom stereocenters. The van der Waals surface area contributed by atoms with E-state index < -0.39 is 6.10 Å². The lowest BCUT2D eigenvalue weighted by molar-refractivity contribution is 0.159. The first kappa shape index (κ1) is 11.3. The van der Waals surface area contributed by atoms with E-state index in [1.54, 1.807) is 11.3 Å². The summed E-state index contributed by atoms with van der Waals surface area (Å²) in [6.07, 6.45) is -0.0544. The molecule has 0 aliphatic carbocycles. The van der Waals surface area contributed by atoms with Crippen molar-refractivity contribution in [2.45, 2.75) is 33.3 Å². The fourth-order valence-electron chi connectivity index (χ4n) is 1.33. The monoisotopic (exact) mass is 238 g/mol. The summed E-state index contributed by atoms with van der Waals surface area (Å²) in [5, 5.41) is 13.3. The first-order valence-corrected chi connectivity index (χ1v) is 6.02. The molecule has 0 spiro atoms. The summed E-state index contributed by atoms with van der Waals surface area (Å²) < 4.78 is 5.13. The molecule has 0 radical (unpaired) electrons. The van der Waals surface area contributed by atoms with E-state index in [0.29, 0.717) is 18.1 Å². The van der Waals surface area contributed by atoms with Crippen LogP contribution in [0.1, 0.15) is 35.7 Å². The minimum atomic E-state index is -0.639.